The van der Waals surface area contributed by atoms with Crippen molar-refractivity contribution in [3.63, 3.8) is 0 Å². The molecule has 3 amide bonds. The smallest absolute Gasteiger partial charge is 0.229 e. The molecule has 1 fully saturated rings. The molecule has 1 N–H and O–H groups in total. The summed E-state index contributed by atoms with van der Waals surface area (Å²) in [6.45, 7) is 0.109. The van der Waals surface area contributed by atoms with E-state index in [1.807, 2.05) is 24.3 Å². The van der Waals surface area contributed by atoms with E-state index in [2.05, 4.69) is 16.4 Å². The van der Waals surface area contributed by atoms with Gasteiger partial charge in [0.1, 0.15) is 5.01 Å². The Hall–Kier alpha value is -3.57. The van der Waals surface area contributed by atoms with Gasteiger partial charge in [0.2, 0.25) is 17.7 Å². The summed E-state index contributed by atoms with van der Waals surface area (Å²) in [6, 6.07) is 14.8. The molecule has 1 aromatic heterocycles. The lowest BCUT2D eigenvalue weighted by Crippen LogP contribution is -2.32. The summed E-state index contributed by atoms with van der Waals surface area (Å²) < 4.78 is 0.947. The monoisotopic (exact) mass is 404 g/mol. The lowest BCUT2D eigenvalue weighted by Gasteiger charge is -2.13. The number of benzene rings is 2. The lowest BCUT2D eigenvalue weighted by molar-refractivity contribution is -0.138. The maximum atomic E-state index is 12.1. The molecule has 0 bridgehead atoms. The molecule has 144 valence electrons. The van der Waals surface area contributed by atoms with Crippen LogP contribution in [0.3, 0.4) is 0 Å². The van der Waals surface area contributed by atoms with Gasteiger partial charge < -0.3 is 5.32 Å². The number of carbonyl (C=O) groups excluding carboxylic acids is 3. The van der Waals surface area contributed by atoms with Gasteiger partial charge in [0, 0.05) is 37.1 Å². The van der Waals surface area contributed by atoms with Gasteiger partial charge in [-0.15, -0.1) is 11.3 Å². The number of hydrogen-bond acceptors (Lipinski definition) is 6. The average Bonchev–Trinajstić information content (AvgIpc) is 3.29. The molecular weight excluding hydrogens is 388 g/mol. The number of hydrogen-bond donors (Lipinski definition) is 1. The summed E-state index contributed by atoms with van der Waals surface area (Å²) >= 11 is 1.50. The van der Waals surface area contributed by atoms with E-state index in [1.165, 1.54) is 11.3 Å². The molecule has 3 aromatic rings. The van der Waals surface area contributed by atoms with Crippen molar-refractivity contribution in [3.8, 4) is 16.6 Å². The normalized spacial score (nSPS) is 13.7. The molecule has 7 nitrogen and oxygen atoms in total. The van der Waals surface area contributed by atoms with Crippen LogP contribution in [0.4, 0.5) is 5.69 Å². The second kappa shape index (κ2) is 7.81. The fourth-order valence-electron chi connectivity index (χ4n) is 3.12. The van der Waals surface area contributed by atoms with Crippen molar-refractivity contribution in [2.75, 3.05) is 11.9 Å². The molecule has 1 aliphatic heterocycles. The Kier molecular flexibility index (Phi) is 5.06. The first-order chi connectivity index (χ1) is 14.0. The molecule has 0 saturated carbocycles. The Labute approximate surface area is 170 Å². The molecule has 4 rings (SSSR count). The highest BCUT2D eigenvalue weighted by Crippen LogP contribution is 2.31. The Morgan fingerprint density at radius 3 is 2.55 bits per heavy atom. The van der Waals surface area contributed by atoms with Crippen LogP contribution in [0.1, 0.15) is 24.8 Å². The minimum absolute atomic E-state index is 0.0678. The van der Waals surface area contributed by atoms with E-state index in [0.717, 1.165) is 25.7 Å². The fraction of sp³-hybridized carbons (Fsp3) is 0.190. The van der Waals surface area contributed by atoms with E-state index in [-0.39, 0.29) is 43.5 Å². The quantitative estimate of drug-likeness (QED) is 0.657. The van der Waals surface area contributed by atoms with Crippen LogP contribution < -0.4 is 5.32 Å². The van der Waals surface area contributed by atoms with Crippen molar-refractivity contribution in [2.24, 2.45) is 0 Å². The zero-order valence-electron chi connectivity index (χ0n) is 15.3. The van der Waals surface area contributed by atoms with E-state index in [1.54, 1.807) is 18.2 Å². The second-order valence-corrected chi connectivity index (χ2v) is 7.66. The molecular formula is C21H16N4O3S. The van der Waals surface area contributed by atoms with Gasteiger partial charge in [0.15, 0.2) is 0 Å². The lowest BCUT2D eigenvalue weighted by atomic mass is 10.2. The van der Waals surface area contributed by atoms with Crippen LogP contribution in [0.25, 0.3) is 20.8 Å². The number of fused-ring (bicyclic) bond motifs is 1. The van der Waals surface area contributed by atoms with Crippen molar-refractivity contribution < 1.29 is 14.4 Å². The van der Waals surface area contributed by atoms with Crippen LogP contribution in [-0.4, -0.2) is 34.2 Å². The standard InChI is InChI=1S/C21H16N4O3S/c22-12-13-1-6-16-17(11-13)29-21(24-16)14-2-4-15(5-3-14)23-18(26)9-10-25-19(27)7-8-20(25)28/h1-6,11H,7-10H2,(H,23,26). The molecule has 0 radical (unpaired) electrons. The predicted octanol–water partition coefficient (Wildman–Crippen LogP) is 3.31. The molecule has 2 aromatic carbocycles. The van der Waals surface area contributed by atoms with Crippen LogP contribution in [0.15, 0.2) is 42.5 Å². The van der Waals surface area contributed by atoms with E-state index < -0.39 is 0 Å². The number of imide groups is 1. The largest absolute Gasteiger partial charge is 0.326 e. The van der Waals surface area contributed by atoms with E-state index in [0.29, 0.717) is 11.3 Å². The number of aromatic nitrogens is 1. The van der Waals surface area contributed by atoms with Crippen molar-refractivity contribution in [3.05, 3.63) is 48.0 Å². The topological polar surface area (TPSA) is 103 Å². The summed E-state index contributed by atoms with van der Waals surface area (Å²) in [6.07, 6.45) is 0.523. The SMILES string of the molecule is N#Cc1ccc2nc(-c3ccc(NC(=O)CCN4C(=O)CCC4=O)cc3)sc2c1. The third-order valence-electron chi connectivity index (χ3n) is 4.65. The minimum atomic E-state index is -0.255. The average molecular weight is 404 g/mol. The van der Waals surface area contributed by atoms with Crippen LogP contribution >= 0.6 is 11.3 Å². The summed E-state index contributed by atoms with van der Waals surface area (Å²) in [5, 5.41) is 12.6. The zero-order chi connectivity index (χ0) is 20.4. The van der Waals surface area contributed by atoms with Crippen LogP contribution in [-0.2, 0) is 14.4 Å². The first-order valence-corrected chi connectivity index (χ1v) is 9.89. The first-order valence-electron chi connectivity index (χ1n) is 9.07. The summed E-state index contributed by atoms with van der Waals surface area (Å²) in [4.78, 5) is 41.0. The Morgan fingerprint density at radius 1 is 1.14 bits per heavy atom. The van der Waals surface area contributed by atoms with E-state index in [4.69, 9.17) is 5.26 Å². The fourth-order valence-corrected chi connectivity index (χ4v) is 4.13. The Bertz CT molecular complexity index is 1140. The molecule has 0 spiro atoms. The highest BCUT2D eigenvalue weighted by atomic mass is 32.1. The van der Waals surface area contributed by atoms with Crippen LogP contribution in [0.5, 0.6) is 0 Å². The highest BCUT2D eigenvalue weighted by molar-refractivity contribution is 7.21. The van der Waals surface area contributed by atoms with Crippen molar-refractivity contribution in [1.82, 2.24) is 9.88 Å². The number of nitriles is 1. The molecule has 2 heterocycles. The van der Waals surface area contributed by atoms with Crippen molar-refractivity contribution >= 4 is 45.0 Å². The maximum absolute atomic E-state index is 12.1. The Morgan fingerprint density at radius 2 is 1.86 bits per heavy atom. The van der Waals surface area contributed by atoms with Gasteiger partial charge in [-0.3, -0.25) is 19.3 Å². The van der Waals surface area contributed by atoms with Crippen LogP contribution in [0, 0.1) is 11.3 Å². The van der Waals surface area contributed by atoms with Crippen LogP contribution in [0.2, 0.25) is 0 Å². The van der Waals surface area contributed by atoms with Gasteiger partial charge >= 0.3 is 0 Å². The molecule has 1 aliphatic rings. The number of carbonyl (C=O) groups is 3. The molecule has 29 heavy (non-hydrogen) atoms. The first kappa shape index (κ1) is 18.8. The minimum Gasteiger partial charge on any atom is -0.326 e. The number of amides is 3. The number of nitrogens with one attached hydrogen (secondary N) is 1. The molecule has 8 heteroatoms. The number of anilines is 1. The number of thiazole rings is 1. The van der Waals surface area contributed by atoms with Gasteiger partial charge in [0.25, 0.3) is 0 Å². The van der Waals surface area contributed by atoms with Gasteiger partial charge in [-0.2, -0.15) is 5.26 Å². The van der Waals surface area contributed by atoms with Crippen molar-refractivity contribution in [2.45, 2.75) is 19.3 Å². The molecule has 0 atom stereocenters. The highest BCUT2D eigenvalue weighted by Gasteiger charge is 2.28. The Balaban J connectivity index is 1.40. The number of nitrogens with zero attached hydrogens (tertiary/aromatic N) is 3. The van der Waals surface area contributed by atoms with Gasteiger partial charge in [0.05, 0.1) is 21.8 Å². The van der Waals surface area contributed by atoms with E-state index in [9.17, 15) is 14.4 Å². The molecule has 0 aliphatic carbocycles. The second-order valence-electron chi connectivity index (χ2n) is 6.63. The number of likely N-dealkylation sites (tertiary alicyclic amines) is 1. The number of rotatable bonds is 5. The predicted molar refractivity (Wildman–Crippen MR) is 109 cm³/mol. The van der Waals surface area contributed by atoms with Gasteiger partial charge in [-0.25, -0.2) is 4.98 Å². The zero-order valence-corrected chi connectivity index (χ0v) is 16.2. The summed E-state index contributed by atoms with van der Waals surface area (Å²) in [5.74, 6) is -0.691. The van der Waals surface area contributed by atoms with Crippen molar-refractivity contribution in [1.29, 1.82) is 5.26 Å². The summed E-state index contributed by atoms with van der Waals surface area (Å²) in [7, 11) is 0. The third kappa shape index (κ3) is 4.00. The van der Waals surface area contributed by atoms with E-state index >= 15 is 0 Å². The molecule has 1 saturated heterocycles. The third-order valence-corrected chi connectivity index (χ3v) is 5.72. The van der Waals surface area contributed by atoms with Gasteiger partial charge in [-0.1, -0.05) is 0 Å². The molecule has 0 unspecified atom stereocenters. The maximum Gasteiger partial charge on any atom is 0.229 e. The van der Waals surface area contributed by atoms with Gasteiger partial charge in [-0.05, 0) is 42.5 Å². The summed E-state index contributed by atoms with van der Waals surface area (Å²) in [5.41, 5.74) is 2.98.